The molecule has 0 heterocycles. The molecule has 0 aromatic heterocycles. The fourth-order valence-electron chi connectivity index (χ4n) is 3.13. The van der Waals surface area contributed by atoms with Crippen LogP contribution in [0.4, 0.5) is 0 Å². The first kappa shape index (κ1) is 17.0. The number of amides is 1. The minimum absolute atomic E-state index is 0.0557. The van der Waals surface area contributed by atoms with Crippen molar-refractivity contribution in [2.24, 2.45) is 0 Å². The molecule has 1 amide bonds. The SMILES string of the molecule is CCN(C(=O)c1ccc(C)cc1)C(c1ccccc1)c1ccccc1. The topological polar surface area (TPSA) is 20.3 Å². The Hall–Kier alpha value is -2.87. The van der Waals surface area contributed by atoms with Crippen molar-refractivity contribution in [3.8, 4) is 0 Å². The number of carbonyl (C=O) groups is 1. The highest BCUT2D eigenvalue weighted by molar-refractivity contribution is 5.94. The largest absolute Gasteiger partial charge is 0.328 e. The molecular weight excluding hydrogens is 306 g/mol. The molecule has 0 N–H and O–H groups in total. The lowest BCUT2D eigenvalue weighted by Gasteiger charge is -2.32. The highest BCUT2D eigenvalue weighted by Gasteiger charge is 2.26. The zero-order valence-electron chi connectivity index (χ0n) is 14.7. The Balaban J connectivity index is 2.04. The van der Waals surface area contributed by atoms with Crippen LogP contribution < -0.4 is 0 Å². The Morgan fingerprint density at radius 1 is 0.800 bits per heavy atom. The number of hydrogen-bond acceptors (Lipinski definition) is 1. The van der Waals surface area contributed by atoms with Gasteiger partial charge in [-0.15, -0.1) is 0 Å². The van der Waals surface area contributed by atoms with Gasteiger partial charge in [0.2, 0.25) is 0 Å². The summed E-state index contributed by atoms with van der Waals surface area (Å²) in [6, 6.07) is 28.1. The molecule has 0 atom stereocenters. The number of hydrogen-bond donors (Lipinski definition) is 0. The van der Waals surface area contributed by atoms with Crippen molar-refractivity contribution >= 4 is 5.91 Å². The smallest absolute Gasteiger partial charge is 0.254 e. The molecule has 3 rings (SSSR count). The maximum Gasteiger partial charge on any atom is 0.254 e. The van der Waals surface area contributed by atoms with Gasteiger partial charge in [0, 0.05) is 12.1 Å². The van der Waals surface area contributed by atoms with E-state index in [-0.39, 0.29) is 11.9 Å². The van der Waals surface area contributed by atoms with Crippen LogP contribution in [0, 0.1) is 6.92 Å². The van der Waals surface area contributed by atoms with Gasteiger partial charge in [0.15, 0.2) is 0 Å². The van der Waals surface area contributed by atoms with Gasteiger partial charge >= 0.3 is 0 Å². The highest BCUT2D eigenvalue weighted by atomic mass is 16.2. The molecule has 25 heavy (non-hydrogen) atoms. The minimum atomic E-state index is -0.0961. The molecule has 0 fully saturated rings. The van der Waals surface area contributed by atoms with Crippen LogP contribution >= 0.6 is 0 Å². The molecule has 0 spiro atoms. The van der Waals surface area contributed by atoms with E-state index in [0.717, 1.165) is 22.3 Å². The molecule has 0 aliphatic rings. The van der Waals surface area contributed by atoms with Gasteiger partial charge in [-0.1, -0.05) is 78.4 Å². The van der Waals surface area contributed by atoms with Crippen LogP contribution in [-0.4, -0.2) is 17.4 Å². The summed E-state index contributed by atoms with van der Waals surface area (Å²) in [5.74, 6) is 0.0557. The summed E-state index contributed by atoms with van der Waals surface area (Å²) in [5.41, 5.74) is 4.12. The lowest BCUT2D eigenvalue weighted by molar-refractivity contribution is 0.0717. The van der Waals surface area contributed by atoms with E-state index in [2.05, 4.69) is 24.3 Å². The second-order valence-electron chi connectivity index (χ2n) is 6.18. The van der Waals surface area contributed by atoms with E-state index in [9.17, 15) is 4.79 Å². The maximum atomic E-state index is 13.2. The minimum Gasteiger partial charge on any atom is -0.328 e. The predicted octanol–water partition coefficient (Wildman–Crippen LogP) is 5.25. The second-order valence-corrected chi connectivity index (χ2v) is 6.18. The quantitative estimate of drug-likeness (QED) is 0.626. The van der Waals surface area contributed by atoms with Crippen LogP contribution in [0.2, 0.25) is 0 Å². The van der Waals surface area contributed by atoms with Gasteiger partial charge in [-0.3, -0.25) is 4.79 Å². The standard InChI is InChI=1S/C23H23NO/c1-3-24(23(25)21-16-14-18(2)15-17-21)22(19-10-6-4-7-11-19)20-12-8-5-9-13-20/h4-17,22H,3H2,1-2H3. The molecule has 0 bridgehead atoms. The van der Waals surface area contributed by atoms with E-state index >= 15 is 0 Å². The van der Waals surface area contributed by atoms with Crippen molar-refractivity contribution < 1.29 is 4.79 Å². The molecule has 0 aliphatic heterocycles. The fourth-order valence-corrected chi connectivity index (χ4v) is 3.13. The van der Waals surface area contributed by atoms with Crippen LogP contribution in [0.3, 0.4) is 0 Å². The molecule has 3 aromatic carbocycles. The summed E-state index contributed by atoms with van der Waals surface area (Å²) in [6.07, 6.45) is 0. The van der Waals surface area contributed by atoms with Crippen molar-refractivity contribution in [3.05, 3.63) is 107 Å². The van der Waals surface area contributed by atoms with Crippen molar-refractivity contribution in [2.75, 3.05) is 6.54 Å². The van der Waals surface area contributed by atoms with E-state index in [0.29, 0.717) is 6.54 Å². The van der Waals surface area contributed by atoms with Gasteiger partial charge in [-0.2, -0.15) is 0 Å². The van der Waals surface area contributed by atoms with Gasteiger partial charge in [-0.05, 0) is 37.1 Å². The molecule has 0 saturated heterocycles. The number of carbonyl (C=O) groups excluding carboxylic acids is 1. The second kappa shape index (κ2) is 7.80. The lowest BCUT2D eigenvalue weighted by Crippen LogP contribution is -2.35. The van der Waals surface area contributed by atoms with Crippen LogP contribution in [0.15, 0.2) is 84.9 Å². The molecule has 0 aliphatic carbocycles. The van der Waals surface area contributed by atoms with Crippen molar-refractivity contribution in [1.82, 2.24) is 4.90 Å². The van der Waals surface area contributed by atoms with Crippen molar-refractivity contribution in [1.29, 1.82) is 0 Å². The third-order valence-corrected chi connectivity index (χ3v) is 4.44. The van der Waals surface area contributed by atoms with Crippen LogP contribution in [0.1, 0.15) is 40.0 Å². The van der Waals surface area contributed by atoms with E-state index in [4.69, 9.17) is 0 Å². The molecule has 3 aromatic rings. The van der Waals surface area contributed by atoms with Gasteiger partial charge in [0.1, 0.15) is 0 Å². The normalized spacial score (nSPS) is 10.7. The molecular formula is C23H23NO. The van der Waals surface area contributed by atoms with Crippen LogP contribution in [-0.2, 0) is 0 Å². The maximum absolute atomic E-state index is 13.2. The summed E-state index contributed by atoms with van der Waals surface area (Å²) < 4.78 is 0. The first-order valence-corrected chi connectivity index (χ1v) is 8.68. The lowest BCUT2D eigenvalue weighted by atomic mass is 9.96. The van der Waals surface area contributed by atoms with Gasteiger partial charge < -0.3 is 4.90 Å². The van der Waals surface area contributed by atoms with Gasteiger partial charge in [-0.25, -0.2) is 0 Å². The Labute approximate surface area is 149 Å². The summed E-state index contributed by atoms with van der Waals surface area (Å²) in [5, 5.41) is 0. The molecule has 0 radical (unpaired) electrons. The summed E-state index contributed by atoms with van der Waals surface area (Å²) >= 11 is 0. The third-order valence-electron chi connectivity index (χ3n) is 4.44. The van der Waals surface area contributed by atoms with Crippen molar-refractivity contribution in [2.45, 2.75) is 19.9 Å². The first-order chi connectivity index (χ1) is 12.2. The summed E-state index contributed by atoms with van der Waals surface area (Å²) in [4.78, 5) is 15.1. The van der Waals surface area contributed by atoms with Gasteiger partial charge in [0.25, 0.3) is 5.91 Å². The third kappa shape index (κ3) is 3.80. The molecule has 2 nitrogen and oxygen atoms in total. The van der Waals surface area contributed by atoms with E-state index in [1.807, 2.05) is 79.4 Å². The van der Waals surface area contributed by atoms with E-state index in [1.165, 1.54) is 0 Å². The molecule has 126 valence electrons. The van der Waals surface area contributed by atoms with E-state index < -0.39 is 0 Å². The zero-order chi connectivity index (χ0) is 17.6. The Morgan fingerprint density at radius 2 is 1.28 bits per heavy atom. The number of aryl methyl sites for hydroxylation is 1. The van der Waals surface area contributed by atoms with E-state index in [1.54, 1.807) is 0 Å². The number of rotatable bonds is 5. The summed E-state index contributed by atoms with van der Waals surface area (Å²) in [6.45, 7) is 4.70. The highest BCUT2D eigenvalue weighted by Crippen LogP contribution is 2.29. The van der Waals surface area contributed by atoms with Gasteiger partial charge in [0.05, 0.1) is 6.04 Å². The number of benzene rings is 3. The predicted molar refractivity (Wildman–Crippen MR) is 103 cm³/mol. The molecule has 0 saturated carbocycles. The van der Waals surface area contributed by atoms with Crippen LogP contribution in [0.25, 0.3) is 0 Å². The Bertz CT molecular complexity index is 770. The molecule has 0 unspecified atom stereocenters. The fraction of sp³-hybridized carbons (Fsp3) is 0.174. The average molecular weight is 329 g/mol. The molecule has 2 heteroatoms. The van der Waals surface area contributed by atoms with Crippen LogP contribution in [0.5, 0.6) is 0 Å². The number of nitrogens with zero attached hydrogens (tertiary/aromatic N) is 1. The Morgan fingerprint density at radius 3 is 1.72 bits per heavy atom. The first-order valence-electron chi connectivity index (χ1n) is 8.68. The van der Waals surface area contributed by atoms with Crippen molar-refractivity contribution in [3.63, 3.8) is 0 Å². The zero-order valence-corrected chi connectivity index (χ0v) is 14.7. The Kier molecular flexibility index (Phi) is 5.30. The average Bonchev–Trinajstić information content (AvgIpc) is 2.67. The summed E-state index contributed by atoms with van der Waals surface area (Å²) in [7, 11) is 0. The monoisotopic (exact) mass is 329 g/mol.